The number of rotatable bonds is 8. The van der Waals surface area contributed by atoms with Gasteiger partial charge >= 0.3 is 0 Å². The molecule has 2 aliphatic heterocycles. The van der Waals surface area contributed by atoms with E-state index in [9.17, 15) is 0 Å². The fraction of sp³-hybridized carbons (Fsp3) is 0.429. The van der Waals surface area contributed by atoms with E-state index in [0.29, 0.717) is 0 Å². The van der Waals surface area contributed by atoms with Crippen molar-refractivity contribution >= 4 is 0 Å². The Morgan fingerprint density at radius 2 is 0.882 bits per heavy atom. The fourth-order valence-electron chi connectivity index (χ4n) is 5.00. The number of piperazine rings is 2. The van der Waals surface area contributed by atoms with Crippen molar-refractivity contribution in [2.24, 2.45) is 0 Å². The second-order valence-corrected chi connectivity index (χ2v) is 9.57. The minimum Gasteiger partial charge on any atom is -0.297 e. The molecule has 1 aromatic carbocycles. The van der Waals surface area contributed by atoms with Gasteiger partial charge in [-0.1, -0.05) is 36.4 Å². The molecule has 2 saturated heterocycles. The van der Waals surface area contributed by atoms with Gasteiger partial charge in [0.25, 0.3) is 0 Å². The predicted octanol–water partition coefficient (Wildman–Crippen LogP) is 3.11. The van der Waals surface area contributed by atoms with Crippen LogP contribution in [0.3, 0.4) is 0 Å². The summed E-state index contributed by atoms with van der Waals surface area (Å²) in [6.07, 6.45) is 3.78. The SMILES string of the molecule is c1ccc(CN2CCN(Cc3cccc(CN4CCN(Cc5ccccn5)CC4)c3)CC2)nc1. The quantitative estimate of drug-likeness (QED) is 0.519. The van der Waals surface area contributed by atoms with E-state index in [2.05, 4.69) is 78.1 Å². The molecule has 0 radical (unpaired) electrons. The maximum absolute atomic E-state index is 4.48. The highest BCUT2D eigenvalue weighted by atomic mass is 15.3. The van der Waals surface area contributed by atoms with Crippen LogP contribution in [0.25, 0.3) is 0 Å². The van der Waals surface area contributed by atoms with Crippen LogP contribution in [0.2, 0.25) is 0 Å². The van der Waals surface area contributed by atoms with Crippen molar-refractivity contribution in [3.63, 3.8) is 0 Å². The number of nitrogens with zero attached hydrogens (tertiary/aromatic N) is 6. The molecule has 0 bridgehead atoms. The van der Waals surface area contributed by atoms with E-state index in [4.69, 9.17) is 0 Å². The minimum absolute atomic E-state index is 0.958. The Bertz CT molecular complexity index is 917. The van der Waals surface area contributed by atoms with E-state index >= 15 is 0 Å². The lowest BCUT2D eigenvalue weighted by atomic mass is 10.1. The Balaban J connectivity index is 1.06. The van der Waals surface area contributed by atoms with E-state index in [1.54, 1.807) is 0 Å². The van der Waals surface area contributed by atoms with Gasteiger partial charge in [0.05, 0.1) is 11.4 Å². The molecule has 6 nitrogen and oxygen atoms in total. The third-order valence-corrected chi connectivity index (χ3v) is 6.96. The highest BCUT2D eigenvalue weighted by Crippen LogP contribution is 2.15. The molecule has 0 N–H and O–H groups in total. The van der Waals surface area contributed by atoms with Gasteiger partial charge in [-0.15, -0.1) is 0 Å². The van der Waals surface area contributed by atoms with Gasteiger partial charge in [-0.3, -0.25) is 29.6 Å². The van der Waals surface area contributed by atoms with Gasteiger partial charge in [0.2, 0.25) is 0 Å². The van der Waals surface area contributed by atoms with Crippen molar-refractivity contribution in [3.8, 4) is 0 Å². The summed E-state index contributed by atoms with van der Waals surface area (Å²) >= 11 is 0. The Morgan fingerprint density at radius 1 is 0.471 bits per heavy atom. The molecule has 2 aliphatic rings. The lowest BCUT2D eigenvalue weighted by Crippen LogP contribution is -2.45. The van der Waals surface area contributed by atoms with Gasteiger partial charge < -0.3 is 0 Å². The first-order valence-electron chi connectivity index (χ1n) is 12.6. The number of aromatic nitrogens is 2. The summed E-state index contributed by atoms with van der Waals surface area (Å²) in [5.74, 6) is 0. The summed E-state index contributed by atoms with van der Waals surface area (Å²) in [7, 11) is 0. The largest absolute Gasteiger partial charge is 0.297 e. The summed E-state index contributed by atoms with van der Waals surface area (Å²) in [6, 6.07) is 21.6. The van der Waals surface area contributed by atoms with Crippen LogP contribution in [0.4, 0.5) is 0 Å². The molecule has 0 spiro atoms. The summed E-state index contributed by atoms with van der Waals surface area (Å²) in [5.41, 5.74) is 5.20. The average molecular weight is 457 g/mol. The minimum atomic E-state index is 0.958. The number of hydrogen-bond donors (Lipinski definition) is 0. The van der Waals surface area contributed by atoms with Crippen LogP contribution in [0.5, 0.6) is 0 Å². The number of benzene rings is 1. The van der Waals surface area contributed by atoms with Crippen molar-refractivity contribution < 1.29 is 0 Å². The van der Waals surface area contributed by atoms with Gasteiger partial charge in [0.15, 0.2) is 0 Å². The maximum atomic E-state index is 4.48. The van der Waals surface area contributed by atoms with Crippen LogP contribution in [-0.2, 0) is 26.2 Å². The first-order chi connectivity index (χ1) is 16.8. The second kappa shape index (κ2) is 11.7. The van der Waals surface area contributed by atoms with Crippen LogP contribution >= 0.6 is 0 Å². The second-order valence-electron chi connectivity index (χ2n) is 9.57. The molecular formula is C28H36N6. The highest BCUT2D eigenvalue weighted by molar-refractivity contribution is 5.23. The van der Waals surface area contributed by atoms with Crippen molar-refractivity contribution in [1.29, 1.82) is 0 Å². The molecule has 4 heterocycles. The Kier molecular flexibility index (Phi) is 7.93. The fourth-order valence-corrected chi connectivity index (χ4v) is 5.00. The van der Waals surface area contributed by atoms with E-state index < -0.39 is 0 Å². The van der Waals surface area contributed by atoms with Crippen LogP contribution in [0.1, 0.15) is 22.5 Å². The summed E-state index contributed by atoms with van der Waals surface area (Å²) in [5, 5.41) is 0. The van der Waals surface area contributed by atoms with Gasteiger partial charge in [-0.05, 0) is 35.4 Å². The van der Waals surface area contributed by atoms with Crippen LogP contribution in [0, 0.1) is 0 Å². The molecule has 5 rings (SSSR count). The molecule has 0 atom stereocenters. The van der Waals surface area contributed by atoms with E-state index in [0.717, 1.165) is 78.5 Å². The Morgan fingerprint density at radius 3 is 1.26 bits per heavy atom. The van der Waals surface area contributed by atoms with E-state index in [1.165, 1.54) is 22.5 Å². The van der Waals surface area contributed by atoms with Crippen molar-refractivity contribution in [1.82, 2.24) is 29.6 Å². The summed E-state index contributed by atoms with van der Waals surface area (Å²) < 4.78 is 0. The smallest absolute Gasteiger partial charge is 0.0543 e. The first-order valence-corrected chi connectivity index (χ1v) is 12.6. The standard InChI is InChI=1S/C28H36N6/c1-3-10-29-27(8-1)23-33-16-12-31(13-17-33)21-25-6-5-7-26(20-25)22-32-14-18-34(19-15-32)24-28-9-2-4-11-30-28/h1-11,20H,12-19,21-24H2. The van der Waals surface area contributed by atoms with Gasteiger partial charge in [0.1, 0.15) is 0 Å². The molecule has 3 aromatic rings. The lowest BCUT2D eigenvalue weighted by molar-refractivity contribution is 0.119. The molecule has 34 heavy (non-hydrogen) atoms. The average Bonchev–Trinajstić information content (AvgIpc) is 2.88. The molecular weight excluding hydrogens is 420 g/mol. The molecule has 2 fully saturated rings. The van der Waals surface area contributed by atoms with Gasteiger partial charge in [-0.2, -0.15) is 0 Å². The van der Waals surface area contributed by atoms with Crippen LogP contribution < -0.4 is 0 Å². The number of pyridine rings is 2. The molecule has 0 aliphatic carbocycles. The monoisotopic (exact) mass is 456 g/mol. The molecule has 0 amide bonds. The molecule has 2 aromatic heterocycles. The maximum Gasteiger partial charge on any atom is 0.0543 e. The lowest BCUT2D eigenvalue weighted by Gasteiger charge is -2.35. The van der Waals surface area contributed by atoms with Crippen molar-refractivity contribution in [2.45, 2.75) is 26.2 Å². The normalized spacial score (nSPS) is 18.8. The third kappa shape index (κ3) is 6.70. The van der Waals surface area contributed by atoms with Crippen molar-refractivity contribution in [2.75, 3.05) is 52.4 Å². The molecule has 0 unspecified atom stereocenters. The summed E-state index contributed by atoms with van der Waals surface area (Å²) in [4.78, 5) is 19.2. The predicted molar refractivity (Wildman–Crippen MR) is 136 cm³/mol. The zero-order valence-electron chi connectivity index (χ0n) is 20.1. The Hall–Kier alpha value is -2.64. The van der Waals surface area contributed by atoms with E-state index in [1.807, 2.05) is 24.5 Å². The molecule has 6 heteroatoms. The molecule has 0 saturated carbocycles. The van der Waals surface area contributed by atoms with E-state index in [-0.39, 0.29) is 0 Å². The molecule has 178 valence electrons. The number of hydrogen-bond acceptors (Lipinski definition) is 6. The summed E-state index contributed by atoms with van der Waals surface area (Å²) in [6.45, 7) is 12.9. The highest BCUT2D eigenvalue weighted by Gasteiger charge is 2.19. The third-order valence-electron chi connectivity index (χ3n) is 6.96. The zero-order valence-corrected chi connectivity index (χ0v) is 20.1. The van der Waals surface area contributed by atoms with Crippen molar-refractivity contribution in [3.05, 3.63) is 95.6 Å². The zero-order chi connectivity index (χ0) is 23.0. The van der Waals surface area contributed by atoms with Crippen LogP contribution in [-0.4, -0.2) is 81.9 Å². The van der Waals surface area contributed by atoms with Crippen LogP contribution in [0.15, 0.2) is 73.1 Å². The van der Waals surface area contributed by atoms with Gasteiger partial charge in [-0.25, -0.2) is 0 Å². The topological polar surface area (TPSA) is 38.7 Å². The van der Waals surface area contributed by atoms with Gasteiger partial charge in [0, 0.05) is 90.9 Å². The first kappa shape index (κ1) is 23.1. The Labute approximate surface area is 203 Å².